The summed E-state index contributed by atoms with van der Waals surface area (Å²) in [5.74, 6) is -0.289. The molecule has 0 radical (unpaired) electrons. The summed E-state index contributed by atoms with van der Waals surface area (Å²) >= 11 is 9.89. The Kier molecular flexibility index (Phi) is 4.75. The van der Waals surface area contributed by atoms with Crippen molar-refractivity contribution >= 4 is 53.5 Å². The second kappa shape index (κ2) is 6.12. The molecule has 1 N–H and O–H groups in total. The van der Waals surface area contributed by atoms with E-state index in [1.165, 1.54) is 6.07 Å². The molecule has 94 valence electrons. The average molecular weight is 439 g/mol. The Morgan fingerprint density at radius 1 is 1.11 bits per heavy atom. The molecule has 18 heavy (non-hydrogen) atoms. The lowest BCUT2D eigenvalue weighted by molar-refractivity contribution is 0.621. The second-order valence-corrected chi connectivity index (χ2v) is 6.19. The predicted molar refractivity (Wildman–Crippen MR) is 81.1 cm³/mol. The van der Waals surface area contributed by atoms with Gasteiger partial charge in [-0.3, -0.25) is 4.98 Å². The lowest BCUT2D eigenvalue weighted by Gasteiger charge is -2.08. The standard InChI is InChI=1S/C12H8Br3FN2/c13-7-3-10(15)12(18-5-7)6-17-8-1-2-9(14)11(16)4-8/h1-5,17H,6H2. The number of nitrogens with zero attached hydrogens (tertiary/aromatic N) is 1. The molecule has 0 fully saturated rings. The molecule has 0 aliphatic carbocycles. The molecule has 1 aromatic carbocycles. The summed E-state index contributed by atoms with van der Waals surface area (Å²) in [5.41, 5.74) is 1.58. The van der Waals surface area contributed by atoms with E-state index >= 15 is 0 Å². The lowest BCUT2D eigenvalue weighted by atomic mass is 10.3. The Hall–Kier alpha value is -0.460. The maximum atomic E-state index is 13.3. The molecule has 2 nitrogen and oxygen atoms in total. The van der Waals surface area contributed by atoms with Crippen LogP contribution in [-0.4, -0.2) is 4.98 Å². The first-order chi connectivity index (χ1) is 8.56. The number of pyridine rings is 1. The van der Waals surface area contributed by atoms with Crippen LogP contribution in [0.4, 0.5) is 10.1 Å². The summed E-state index contributed by atoms with van der Waals surface area (Å²) < 4.78 is 15.6. The highest BCUT2D eigenvalue weighted by molar-refractivity contribution is 9.11. The van der Waals surface area contributed by atoms with Crippen LogP contribution in [0.1, 0.15) is 5.69 Å². The van der Waals surface area contributed by atoms with Crippen molar-refractivity contribution in [1.29, 1.82) is 0 Å². The molecule has 6 heteroatoms. The van der Waals surface area contributed by atoms with Gasteiger partial charge in [-0.25, -0.2) is 4.39 Å². The highest BCUT2D eigenvalue weighted by Gasteiger charge is 2.04. The van der Waals surface area contributed by atoms with E-state index in [1.54, 1.807) is 18.3 Å². The monoisotopic (exact) mass is 436 g/mol. The van der Waals surface area contributed by atoms with Gasteiger partial charge in [0.05, 0.1) is 16.7 Å². The number of nitrogens with one attached hydrogen (secondary N) is 1. The summed E-state index contributed by atoms with van der Waals surface area (Å²) in [7, 11) is 0. The van der Waals surface area contributed by atoms with Crippen LogP contribution in [0.15, 0.2) is 43.9 Å². The van der Waals surface area contributed by atoms with Gasteiger partial charge in [0.15, 0.2) is 0 Å². The van der Waals surface area contributed by atoms with Gasteiger partial charge in [0.25, 0.3) is 0 Å². The fourth-order valence-electron chi connectivity index (χ4n) is 1.36. The largest absolute Gasteiger partial charge is 0.379 e. The van der Waals surface area contributed by atoms with E-state index in [2.05, 4.69) is 58.1 Å². The van der Waals surface area contributed by atoms with Crippen molar-refractivity contribution in [3.8, 4) is 0 Å². The molecular weight excluding hydrogens is 431 g/mol. The molecule has 0 bridgehead atoms. The van der Waals surface area contributed by atoms with Gasteiger partial charge >= 0.3 is 0 Å². The van der Waals surface area contributed by atoms with Crippen molar-refractivity contribution in [3.63, 3.8) is 0 Å². The van der Waals surface area contributed by atoms with Gasteiger partial charge in [-0.2, -0.15) is 0 Å². The molecule has 1 heterocycles. The third kappa shape index (κ3) is 3.52. The Labute approximate surface area is 129 Å². The van der Waals surface area contributed by atoms with Gasteiger partial charge in [0.1, 0.15) is 5.82 Å². The molecule has 1 aromatic heterocycles. The van der Waals surface area contributed by atoms with Crippen LogP contribution >= 0.6 is 47.8 Å². The molecule has 0 unspecified atom stereocenters. The van der Waals surface area contributed by atoms with Crippen molar-refractivity contribution in [1.82, 2.24) is 4.98 Å². The highest BCUT2D eigenvalue weighted by atomic mass is 79.9. The molecule has 0 saturated heterocycles. The number of anilines is 1. The zero-order chi connectivity index (χ0) is 13.1. The van der Waals surface area contributed by atoms with Gasteiger partial charge < -0.3 is 5.32 Å². The number of hydrogen-bond acceptors (Lipinski definition) is 2. The zero-order valence-electron chi connectivity index (χ0n) is 9.05. The normalized spacial score (nSPS) is 10.4. The molecule has 0 amide bonds. The molecule has 2 aromatic rings. The van der Waals surface area contributed by atoms with Crippen molar-refractivity contribution in [2.75, 3.05) is 5.32 Å². The van der Waals surface area contributed by atoms with E-state index in [4.69, 9.17) is 0 Å². The van der Waals surface area contributed by atoms with Gasteiger partial charge in [0, 0.05) is 20.8 Å². The first-order valence-corrected chi connectivity index (χ1v) is 7.43. The van der Waals surface area contributed by atoms with Crippen LogP contribution in [-0.2, 0) is 6.54 Å². The van der Waals surface area contributed by atoms with Crippen LogP contribution in [0.5, 0.6) is 0 Å². The number of halogens is 4. The van der Waals surface area contributed by atoms with E-state index in [-0.39, 0.29) is 5.82 Å². The molecule has 2 rings (SSSR count). The Morgan fingerprint density at radius 2 is 1.89 bits per heavy atom. The minimum absolute atomic E-state index is 0.289. The van der Waals surface area contributed by atoms with Crippen LogP contribution in [0.2, 0.25) is 0 Å². The molecule has 0 spiro atoms. The quantitative estimate of drug-likeness (QED) is 0.719. The lowest BCUT2D eigenvalue weighted by Crippen LogP contribution is -2.02. The van der Waals surface area contributed by atoms with Gasteiger partial charge in [-0.1, -0.05) is 0 Å². The Balaban J connectivity index is 2.09. The predicted octanol–water partition coefficient (Wildman–Crippen LogP) is 5.12. The van der Waals surface area contributed by atoms with Crippen molar-refractivity contribution < 1.29 is 4.39 Å². The summed E-state index contributed by atoms with van der Waals surface area (Å²) in [4.78, 5) is 4.27. The van der Waals surface area contributed by atoms with E-state index < -0.39 is 0 Å². The van der Waals surface area contributed by atoms with Crippen LogP contribution in [0, 0.1) is 5.82 Å². The minimum Gasteiger partial charge on any atom is -0.379 e. The topological polar surface area (TPSA) is 24.9 Å². The Morgan fingerprint density at radius 3 is 2.56 bits per heavy atom. The maximum Gasteiger partial charge on any atom is 0.139 e. The van der Waals surface area contributed by atoms with Crippen molar-refractivity contribution in [2.45, 2.75) is 6.54 Å². The highest BCUT2D eigenvalue weighted by Crippen LogP contribution is 2.22. The molecule has 0 saturated carbocycles. The number of aromatic nitrogens is 1. The third-order valence-electron chi connectivity index (χ3n) is 2.26. The van der Waals surface area contributed by atoms with E-state index in [0.717, 1.165) is 14.6 Å². The minimum atomic E-state index is -0.289. The third-order valence-corrected chi connectivity index (χ3v) is 4.03. The van der Waals surface area contributed by atoms with Gasteiger partial charge in [-0.15, -0.1) is 0 Å². The fraction of sp³-hybridized carbons (Fsp3) is 0.0833. The van der Waals surface area contributed by atoms with Crippen molar-refractivity contribution in [3.05, 3.63) is 55.4 Å². The molecular formula is C12H8Br3FN2. The number of rotatable bonds is 3. The molecule has 0 aliphatic rings. The van der Waals surface area contributed by atoms with E-state index in [1.807, 2.05) is 6.07 Å². The average Bonchev–Trinajstić information content (AvgIpc) is 2.32. The van der Waals surface area contributed by atoms with Gasteiger partial charge in [-0.05, 0) is 72.1 Å². The number of hydrogen-bond donors (Lipinski definition) is 1. The maximum absolute atomic E-state index is 13.3. The second-order valence-electron chi connectivity index (χ2n) is 3.56. The summed E-state index contributed by atoms with van der Waals surface area (Å²) in [5, 5.41) is 3.12. The smallest absolute Gasteiger partial charge is 0.139 e. The fourth-order valence-corrected chi connectivity index (χ4v) is 2.74. The van der Waals surface area contributed by atoms with Crippen LogP contribution in [0.25, 0.3) is 0 Å². The summed E-state index contributed by atoms with van der Waals surface area (Å²) in [6.45, 7) is 0.523. The Bertz CT molecular complexity index is 575. The van der Waals surface area contributed by atoms with Crippen molar-refractivity contribution in [2.24, 2.45) is 0 Å². The first kappa shape index (κ1) is 14.0. The zero-order valence-corrected chi connectivity index (χ0v) is 13.8. The number of benzene rings is 1. The molecule has 0 atom stereocenters. The van der Waals surface area contributed by atoms with Crippen LogP contribution in [0.3, 0.4) is 0 Å². The van der Waals surface area contributed by atoms with Crippen LogP contribution < -0.4 is 5.32 Å². The SMILES string of the molecule is Fc1cc(NCc2ncc(Br)cc2Br)ccc1Br. The molecule has 0 aliphatic heterocycles. The van der Waals surface area contributed by atoms with Gasteiger partial charge in [0.2, 0.25) is 0 Å². The summed E-state index contributed by atoms with van der Waals surface area (Å²) in [6.07, 6.45) is 1.73. The summed E-state index contributed by atoms with van der Waals surface area (Å²) in [6, 6.07) is 6.84. The van der Waals surface area contributed by atoms with E-state index in [0.29, 0.717) is 16.7 Å². The van der Waals surface area contributed by atoms with E-state index in [9.17, 15) is 4.39 Å². The first-order valence-electron chi connectivity index (χ1n) is 5.05.